The molecule has 0 unspecified atom stereocenters. The van der Waals surface area contributed by atoms with E-state index in [-0.39, 0.29) is 12.8 Å². The zero-order chi connectivity index (χ0) is 18.2. The molecule has 2 atom stereocenters. The summed E-state index contributed by atoms with van der Waals surface area (Å²) in [4.78, 5) is 11.6. The molecule has 134 valence electrons. The van der Waals surface area contributed by atoms with Gasteiger partial charge in [-0.05, 0) is 39.2 Å². The van der Waals surface area contributed by atoms with Gasteiger partial charge in [0.1, 0.15) is 5.60 Å². The quantitative estimate of drug-likeness (QED) is 0.472. The van der Waals surface area contributed by atoms with E-state index in [1.807, 2.05) is 20.0 Å². The summed E-state index contributed by atoms with van der Waals surface area (Å²) >= 11 is 0. The van der Waals surface area contributed by atoms with Gasteiger partial charge in [0.15, 0.2) is 0 Å². The van der Waals surface area contributed by atoms with Crippen molar-refractivity contribution in [1.29, 1.82) is 0 Å². The number of hydrogen-bond acceptors (Lipinski definition) is 5. The van der Waals surface area contributed by atoms with Crippen LogP contribution >= 0.6 is 0 Å². The molecular weight excluding hydrogens is 294 g/mol. The lowest BCUT2D eigenvalue weighted by Crippen LogP contribution is -2.27. The highest BCUT2D eigenvalue weighted by atomic mass is 16.6. The van der Waals surface area contributed by atoms with Crippen LogP contribution in [0.3, 0.4) is 0 Å². The summed E-state index contributed by atoms with van der Waals surface area (Å²) in [7, 11) is 1.87. The van der Waals surface area contributed by atoms with Crippen molar-refractivity contribution in [1.82, 2.24) is 5.32 Å². The second-order valence-electron chi connectivity index (χ2n) is 7.11. The molecule has 0 rings (SSSR count). The number of allylic oxidation sites excluding steroid dienone is 3. The Bertz CT molecular complexity index is 433. The molecule has 0 amide bonds. The minimum atomic E-state index is -0.928. The third kappa shape index (κ3) is 10.1. The van der Waals surface area contributed by atoms with Crippen molar-refractivity contribution in [3.63, 3.8) is 0 Å². The molecule has 0 aliphatic carbocycles. The molecule has 5 heteroatoms. The minimum Gasteiger partial charge on any atom is -0.460 e. The summed E-state index contributed by atoms with van der Waals surface area (Å²) in [6.45, 7) is 11.5. The topological polar surface area (TPSA) is 78.8 Å². The number of esters is 1. The molecule has 0 saturated carbocycles. The van der Waals surface area contributed by atoms with Crippen molar-refractivity contribution >= 4 is 5.97 Å². The van der Waals surface area contributed by atoms with Crippen molar-refractivity contribution in [2.24, 2.45) is 5.92 Å². The van der Waals surface area contributed by atoms with Crippen LogP contribution < -0.4 is 5.32 Å². The van der Waals surface area contributed by atoms with E-state index in [1.165, 1.54) is 0 Å². The zero-order valence-corrected chi connectivity index (χ0v) is 15.5. The van der Waals surface area contributed by atoms with E-state index in [0.717, 1.165) is 11.3 Å². The van der Waals surface area contributed by atoms with Gasteiger partial charge in [-0.2, -0.15) is 0 Å². The molecule has 0 saturated heterocycles. The maximum atomic E-state index is 11.6. The predicted molar refractivity (Wildman–Crippen MR) is 92.8 cm³/mol. The highest BCUT2D eigenvalue weighted by molar-refractivity contribution is 5.70. The van der Waals surface area contributed by atoms with Crippen LogP contribution in [-0.2, 0) is 9.53 Å². The van der Waals surface area contributed by atoms with Gasteiger partial charge in [0, 0.05) is 19.2 Å². The van der Waals surface area contributed by atoms with Crippen molar-refractivity contribution < 1.29 is 19.7 Å². The van der Waals surface area contributed by atoms with Crippen molar-refractivity contribution in [2.75, 3.05) is 7.05 Å². The van der Waals surface area contributed by atoms with Crippen LogP contribution in [0.15, 0.2) is 23.4 Å². The Hall–Kier alpha value is -1.33. The van der Waals surface area contributed by atoms with Crippen molar-refractivity contribution in [2.45, 2.75) is 72.2 Å². The maximum absolute atomic E-state index is 11.6. The zero-order valence-electron chi connectivity index (χ0n) is 15.5. The Morgan fingerprint density at radius 1 is 1.26 bits per heavy atom. The number of aliphatic hydroxyl groups excluding tert-OH is 2. The lowest BCUT2D eigenvalue weighted by molar-refractivity contribution is -0.157. The fourth-order valence-electron chi connectivity index (χ4n) is 2.30. The molecule has 5 nitrogen and oxygen atoms in total. The van der Waals surface area contributed by atoms with E-state index in [0.29, 0.717) is 5.92 Å². The van der Waals surface area contributed by atoms with Crippen molar-refractivity contribution in [3.8, 4) is 0 Å². The largest absolute Gasteiger partial charge is 0.460 e. The van der Waals surface area contributed by atoms with Gasteiger partial charge in [0.25, 0.3) is 0 Å². The van der Waals surface area contributed by atoms with Gasteiger partial charge in [-0.25, -0.2) is 0 Å². The van der Waals surface area contributed by atoms with Crippen LogP contribution in [0.4, 0.5) is 0 Å². The Balaban J connectivity index is 4.51. The summed E-state index contributed by atoms with van der Waals surface area (Å²) in [6.07, 6.45) is 1.70. The number of ether oxygens (including phenoxy) is 1. The SMILES string of the molecule is CN/C(=C(C)/C=C/[C@@H](O)C[C@@H](O)CC(=O)OC(C)(C)C)C(C)C. The van der Waals surface area contributed by atoms with E-state index in [9.17, 15) is 15.0 Å². The van der Waals surface area contributed by atoms with Crippen LogP contribution in [0.2, 0.25) is 0 Å². The smallest absolute Gasteiger partial charge is 0.308 e. The van der Waals surface area contributed by atoms with Gasteiger partial charge >= 0.3 is 5.97 Å². The van der Waals surface area contributed by atoms with Gasteiger partial charge in [0.2, 0.25) is 0 Å². The Labute approximate surface area is 140 Å². The molecule has 0 aliphatic heterocycles. The summed E-state index contributed by atoms with van der Waals surface area (Å²) in [6, 6.07) is 0. The molecule has 0 fully saturated rings. The molecule has 23 heavy (non-hydrogen) atoms. The molecule has 0 spiro atoms. The van der Waals surface area contributed by atoms with Crippen LogP contribution in [0.1, 0.15) is 54.4 Å². The molecule has 0 aliphatic rings. The van der Waals surface area contributed by atoms with Crippen LogP contribution in [-0.4, -0.2) is 41.0 Å². The monoisotopic (exact) mass is 327 g/mol. The summed E-state index contributed by atoms with van der Waals surface area (Å²) in [5, 5.41) is 23.0. The fraction of sp³-hybridized carbons (Fsp3) is 0.722. The first kappa shape index (κ1) is 21.7. The third-order valence-corrected chi connectivity index (χ3v) is 3.18. The number of nitrogens with one attached hydrogen (secondary N) is 1. The molecule has 0 heterocycles. The first-order chi connectivity index (χ1) is 10.5. The third-order valence-electron chi connectivity index (χ3n) is 3.18. The van der Waals surface area contributed by atoms with Gasteiger partial charge in [-0.3, -0.25) is 4.79 Å². The molecule has 0 bridgehead atoms. The standard InChI is InChI=1S/C18H33NO4/c1-12(2)17(19-7)13(3)8-9-14(20)10-15(21)11-16(22)23-18(4,5)6/h8-9,12,14-15,19-21H,10-11H2,1-7H3/b9-8+,17-13+/t14-,15-/m1/s1. The highest BCUT2D eigenvalue weighted by Crippen LogP contribution is 2.14. The maximum Gasteiger partial charge on any atom is 0.308 e. The molecule has 0 aromatic heterocycles. The average Bonchev–Trinajstić information content (AvgIpc) is 2.33. The van der Waals surface area contributed by atoms with E-state index >= 15 is 0 Å². The minimum absolute atomic E-state index is 0.0968. The molecule has 3 N–H and O–H groups in total. The second kappa shape index (κ2) is 9.73. The lowest BCUT2D eigenvalue weighted by atomic mass is 10.0. The Kier molecular flexibility index (Phi) is 9.17. The fourth-order valence-corrected chi connectivity index (χ4v) is 2.30. The molecule has 0 aromatic carbocycles. The molecule has 0 aromatic rings. The number of rotatable bonds is 8. The Morgan fingerprint density at radius 2 is 1.83 bits per heavy atom. The van der Waals surface area contributed by atoms with E-state index in [4.69, 9.17) is 4.74 Å². The average molecular weight is 327 g/mol. The second-order valence-corrected chi connectivity index (χ2v) is 7.11. The van der Waals surface area contributed by atoms with Crippen LogP contribution in [0, 0.1) is 5.92 Å². The van der Waals surface area contributed by atoms with E-state index < -0.39 is 23.8 Å². The highest BCUT2D eigenvalue weighted by Gasteiger charge is 2.20. The Morgan fingerprint density at radius 3 is 2.26 bits per heavy atom. The molecule has 0 radical (unpaired) electrons. The van der Waals surface area contributed by atoms with Crippen molar-refractivity contribution in [3.05, 3.63) is 23.4 Å². The summed E-state index contributed by atoms with van der Waals surface area (Å²) in [5.41, 5.74) is 1.56. The summed E-state index contributed by atoms with van der Waals surface area (Å²) in [5.74, 6) is -0.103. The normalized spacial score (nSPS) is 16.3. The van der Waals surface area contributed by atoms with Gasteiger partial charge in [-0.1, -0.05) is 26.0 Å². The van der Waals surface area contributed by atoms with Crippen LogP contribution in [0.5, 0.6) is 0 Å². The van der Waals surface area contributed by atoms with Gasteiger partial charge in [-0.15, -0.1) is 0 Å². The summed E-state index contributed by atoms with van der Waals surface area (Å²) < 4.78 is 5.15. The number of carbonyl (C=O) groups excluding carboxylic acids is 1. The predicted octanol–water partition coefficient (Wildman–Crippen LogP) is 2.54. The van der Waals surface area contributed by atoms with E-state index in [1.54, 1.807) is 26.8 Å². The molecular formula is C18H33NO4. The van der Waals surface area contributed by atoms with Crippen LogP contribution in [0.25, 0.3) is 0 Å². The lowest BCUT2D eigenvalue weighted by Gasteiger charge is -2.21. The van der Waals surface area contributed by atoms with Gasteiger partial charge in [0.05, 0.1) is 18.6 Å². The van der Waals surface area contributed by atoms with E-state index in [2.05, 4.69) is 19.2 Å². The number of hydrogen-bond donors (Lipinski definition) is 3. The number of aliphatic hydroxyl groups is 2. The first-order valence-corrected chi connectivity index (χ1v) is 8.11. The first-order valence-electron chi connectivity index (χ1n) is 8.11. The van der Waals surface area contributed by atoms with Gasteiger partial charge < -0.3 is 20.3 Å². The number of carbonyl (C=O) groups is 1.